The first kappa shape index (κ1) is 22.9. The molecule has 0 unspecified atom stereocenters. The van der Waals surface area contributed by atoms with Crippen LogP contribution in [0.15, 0.2) is 11.2 Å². The number of hydrogen-bond acceptors (Lipinski definition) is 5. The van der Waals surface area contributed by atoms with Gasteiger partial charge in [0, 0.05) is 30.7 Å². The van der Waals surface area contributed by atoms with Crippen LogP contribution in [0.4, 0.5) is 4.79 Å². The summed E-state index contributed by atoms with van der Waals surface area (Å²) in [6.45, 7) is 11.9. The zero-order valence-corrected chi connectivity index (χ0v) is 18.1. The molecule has 0 bridgehead atoms. The number of aliphatic imine (C=N–C) groups is 1. The van der Waals surface area contributed by atoms with Crippen LogP contribution in [0, 0.1) is 6.92 Å². The Kier molecular flexibility index (Phi) is 10.9. The molecule has 1 heterocycles. The van der Waals surface area contributed by atoms with Gasteiger partial charge in [-0.05, 0) is 34.6 Å². The molecule has 0 fully saturated rings. The molecule has 0 aliphatic rings. The lowest BCUT2D eigenvalue weighted by molar-refractivity contribution is 0.0529. The molecular weight excluding hydrogens is 441 g/mol. The van der Waals surface area contributed by atoms with E-state index in [4.69, 9.17) is 4.74 Å². The highest BCUT2D eigenvalue weighted by Crippen LogP contribution is 2.12. The molecular formula is C15H28IN5O2S. The van der Waals surface area contributed by atoms with Crippen molar-refractivity contribution < 1.29 is 9.53 Å². The van der Waals surface area contributed by atoms with Crippen molar-refractivity contribution in [2.24, 2.45) is 4.99 Å². The number of nitrogens with zero attached hydrogens (tertiary/aromatic N) is 2. The Morgan fingerprint density at radius 1 is 1.29 bits per heavy atom. The van der Waals surface area contributed by atoms with Crippen molar-refractivity contribution in [1.82, 2.24) is 20.9 Å². The Labute approximate surface area is 165 Å². The number of carbonyl (C=O) groups is 1. The molecule has 7 nitrogen and oxygen atoms in total. The maximum atomic E-state index is 11.5. The van der Waals surface area contributed by atoms with E-state index in [0.29, 0.717) is 25.6 Å². The fraction of sp³-hybridized carbons (Fsp3) is 0.667. The molecule has 0 atom stereocenters. The number of hydrogen-bond donors (Lipinski definition) is 3. The van der Waals surface area contributed by atoms with Gasteiger partial charge < -0.3 is 20.7 Å². The third-order valence-corrected chi connectivity index (χ3v) is 3.39. The number of amides is 1. The van der Waals surface area contributed by atoms with Crippen molar-refractivity contribution in [2.75, 3.05) is 19.6 Å². The van der Waals surface area contributed by atoms with Crippen LogP contribution in [0.25, 0.3) is 0 Å². The third kappa shape index (κ3) is 10.6. The molecule has 1 aromatic rings. The van der Waals surface area contributed by atoms with Crippen LogP contribution in [-0.4, -0.2) is 42.3 Å². The molecule has 0 saturated heterocycles. The summed E-state index contributed by atoms with van der Waals surface area (Å²) in [4.78, 5) is 21.4. The fourth-order valence-corrected chi connectivity index (χ4v) is 2.36. The normalized spacial score (nSPS) is 11.5. The van der Waals surface area contributed by atoms with Crippen LogP contribution in [-0.2, 0) is 11.3 Å². The number of nitrogens with one attached hydrogen (secondary N) is 3. The highest BCUT2D eigenvalue weighted by atomic mass is 127. The van der Waals surface area contributed by atoms with E-state index >= 15 is 0 Å². The van der Waals surface area contributed by atoms with Crippen LogP contribution in [0.2, 0.25) is 0 Å². The van der Waals surface area contributed by atoms with E-state index in [0.717, 1.165) is 16.4 Å². The summed E-state index contributed by atoms with van der Waals surface area (Å²) >= 11 is 1.64. The highest BCUT2D eigenvalue weighted by Gasteiger charge is 2.15. The second-order valence-corrected chi connectivity index (χ2v) is 7.22. The van der Waals surface area contributed by atoms with Gasteiger partial charge in [-0.15, -0.1) is 35.3 Å². The SMILES string of the molecule is CCNC(=NCc1cnc(C)s1)NCCNC(=O)OC(C)(C)C.I. The summed E-state index contributed by atoms with van der Waals surface area (Å²) in [6.07, 6.45) is 1.43. The van der Waals surface area contributed by atoms with Crippen molar-refractivity contribution in [1.29, 1.82) is 0 Å². The molecule has 0 spiro atoms. The molecule has 0 saturated carbocycles. The van der Waals surface area contributed by atoms with Gasteiger partial charge in [0.1, 0.15) is 5.60 Å². The van der Waals surface area contributed by atoms with Crippen LogP contribution < -0.4 is 16.0 Å². The van der Waals surface area contributed by atoms with Gasteiger partial charge in [0.05, 0.1) is 11.6 Å². The molecule has 0 aliphatic heterocycles. The second kappa shape index (κ2) is 11.5. The number of halogens is 1. The Balaban J connectivity index is 0.00000529. The number of thiazole rings is 1. The zero-order valence-electron chi connectivity index (χ0n) is 14.9. The minimum Gasteiger partial charge on any atom is -0.444 e. The summed E-state index contributed by atoms with van der Waals surface area (Å²) in [5.74, 6) is 0.713. The van der Waals surface area contributed by atoms with Gasteiger partial charge in [-0.1, -0.05) is 0 Å². The first-order valence-electron chi connectivity index (χ1n) is 7.70. The van der Waals surface area contributed by atoms with Crippen LogP contribution in [0.5, 0.6) is 0 Å². The first-order chi connectivity index (χ1) is 10.8. The monoisotopic (exact) mass is 469 g/mol. The minimum atomic E-state index is -0.485. The van der Waals surface area contributed by atoms with Crippen molar-refractivity contribution >= 4 is 47.4 Å². The van der Waals surface area contributed by atoms with Crippen molar-refractivity contribution in [3.8, 4) is 0 Å². The summed E-state index contributed by atoms with van der Waals surface area (Å²) in [5.41, 5.74) is -0.485. The van der Waals surface area contributed by atoms with E-state index in [2.05, 4.69) is 25.9 Å². The van der Waals surface area contributed by atoms with Crippen LogP contribution in [0.3, 0.4) is 0 Å². The van der Waals surface area contributed by atoms with Gasteiger partial charge in [-0.2, -0.15) is 0 Å². The second-order valence-electron chi connectivity index (χ2n) is 5.90. The van der Waals surface area contributed by atoms with Crippen LogP contribution >= 0.6 is 35.3 Å². The molecule has 9 heteroatoms. The Hall–Kier alpha value is -1.10. The topological polar surface area (TPSA) is 87.6 Å². The zero-order chi connectivity index (χ0) is 17.3. The predicted molar refractivity (Wildman–Crippen MR) is 109 cm³/mol. The number of aromatic nitrogens is 1. The maximum Gasteiger partial charge on any atom is 0.407 e. The number of rotatable bonds is 6. The minimum absolute atomic E-state index is 0. The maximum absolute atomic E-state index is 11.5. The number of ether oxygens (including phenoxy) is 1. The van der Waals surface area contributed by atoms with Crippen molar-refractivity contribution in [3.63, 3.8) is 0 Å². The third-order valence-electron chi connectivity index (χ3n) is 2.49. The summed E-state index contributed by atoms with van der Waals surface area (Å²) in [5, 5.41) is 10.1. The average Bonchev–Trinajstić information content (AvgIpc) is 2.84. The number of carbonyl (C=O) groups excluding carboxylic acids is 1. The average molecular weight is 469 g/mol. The number of guanidine groups is 1. The first-order valence-corrected chi connectivity index (χ1v) is 8.52. The number of alkyl carbamates (subject to hydrolysis) is 1. The molecule has 138 valence electrons. The largest absolute Gasteiger partial charge is 0.444 e. The molecule has 1 aromatic heterocycles. The van der Waals surface area contributed by atoms with E-state index < -0.39 is 11.7 Å². The van der Waals surface area contributed by atoms with Gasteiger partial charge in [0.15, 0.2) is 5.96 Å². The molecule has 24 heavy (non-hydrogen) atoms. The Morgan fingerprint density at radius 3 is 2.50 bits per heavy atom. The lowest BCUT2D eigenvalue weighted by Gasteiger charge is -2.19. The van der Waals surface area contributed by atoms with Gasteiger partial charge in [-0.3, -0.25) is 0 Å². The van der Waals surface area contributed by atoms with Crippen molar-refractivity contribution in [3.05, 3.63) is 16.1 Å². The Bertz CT molecular complexity index is 528. The molecule has 0 radical (unpaired) electrons. The summed E-state index contributed by atoms with van der Waals surface area (Å²) in [7, 11) is 0. The van der Waals surface area contributed by atoms with Crippen molar-refractivity contribution in [2.45, 2.75) is 46.8 Å². The smallest absolute Gasteiger partial charge is 0.407 e. The summed E-state index contributed by atoms with van der Waals surface area (Å²) < 4.78 is 5.17. The van der Waals surface area contributed by atoms with E-state index in [1.165, 1.54) is 0 Å². The van der Waals surface area contributed by atoms with Gasteiger partial charge in [0.25, 0.3) is 0 Å². The predicted octanol–water partition coefficient (Wildman–Crippen LogP) is 2.65. The number of aryl methyl sites for hydroxylation is 1. The molecule has 3 N–H and O–H groups in total. The van der Waals surface area contributed by atoms with Gasteiger partial charge in [0.2, 0.25) is 0 Å². The summed E-state index contributed by atoms with van der Waals surface area (Å²) in [6, 6.07) is 0. The van der Waals surface area contributed by atoms with Gasteiger partial charge in [-0.25, -0.2) is 14.8 Å². The van der Waals surface area contributed by atoms with E-state index in [-0.39, 0.29) is 24.0 Å². The quantitative estimate of drug-likeness (QED) is 0.258. The Morgan fingerprint density at radius 2 is 1.96 bits per heavy atom. The fourth-order valence-electron chi connectivity index (χ4n) is 1.64. The lowest BCUT2D eigenvalue weighted by Crippen LogP contribution is -2.42. The lowest BCUT2D eigenvalue weighted by atomic mass is 10.2. The molecule has 0 aromatic carbocycles. The standard InChI is InChI=1S/C15H27N5O2S.HI/c1-6-16-13(20-10-12-9-19-11(2)23-12)17-7-8-18-14(21)22-15(3,4)5;/h9H,6-8,10H2,1-5H3,(H,18,21)(H2,16,17,20);1H. The molecule has 1 rings (SSSR count). The van der Waals surface area contributed by atoms with Crippen LogP contribution in [0.1, 0.15) is 37.6 Å². The highest BCUT2D eigenvalue weighted by molar-refractivity contribution is 14.0. The molecule has 1 amide bonds. The molecule has 0 aliphatic carbocycles. The van der Waals surface area contributed by atoms with E-state index in [1.807, 2.05) is 40.8 Å². The van der Waals surface area contributed by atoms with E-state index in [1.54, 1.807) is 11.3 Å². The van der Waals surface area contributed by atoms with Gasteiger partial charge >= 0.3 is 6.09 Å². The van der Waals surface area contributed by atoms with E-state index in [9.17, 15) is 4.79 Å².